The Hall–Kier alpha value is -1.42. The van der Waals surface area contributed by atoms with Crippen molar-refractivity contribution in [1.29, 1.82) is 0 Å². The lowest BCUT2D eigenvalue weighted by molar-refractivity contribution is 0.191. The van der Waals surface area contributed by atoms with Gasteiger partial charge >= 0.3 is 6.03 Å². The van der Waals surface area contributed by atoms with Crippen LogP contribution in [0, 0.1) is 0 Å². The van der Waals surface area contributed by atoms with Crippen molar-refractivity contribution in [2.24, 2.45) is 0 Å². The van der Waals surface area contributed by atoms with Crippen molar-refractivity contribution in [3.63, 3.8) is 0 Å². The first-order valence-corrected chi connectivity index (χ1v) is 7.01. The van der Waals surface area contributed by atoms with Gasteiger partial charge in [-0.3, -0.25) is 0 Å². The number of amides is 2. The normalized spacial score (nSPS) is 17.3. The standard InChI is InChI=1S/C14H19ClN2O2/c1-3-17(4-2)14(18)16-12-7-8-19-13-6-5-10(15)9-11(12)13/h5-6,9,12H,3-4,7-8H2,1-2H3,(H,16,18). The fourth-order valence-corrected chi connectivity index (χ4v) is 2.45. The molecule has 0 saturated carbocycles. The molecule has 19 heavy (non-hydrogen) atoms. The van der Waals surface area contributed by atoms with Gasteiger partial charge in [-0.2, -0.15) is 0 Å². The number of carbonyl (C=O) groups is 1. The molecular formula is C14H19ClN2O2. The van der Waals surface area contributed by atoms with Crippen molar-refractivity contribution < 1.29 is 9.53 Å². The fourth-order valence-electron chi connectivity index (χ4n) is 2.27. The third-order valence-electron chi connectivity index (χ3n) is 3.36. The van der Waals surface area contributed by atoms with Gasteiger partial charge in [-0.05, 0) is 32.0 Å². The zero-order valence-electron chi connectivity index (χ0n) is 11.3. The lowest BCUT2D eigenvalue weighted by atomic mass is 10.0. The highest BCUT2D eigenvalue weighted by molar-refractivity contribution is 6.30. The Kier molecular flexibility index (Phi) is 4.53. The van der Waals surface area contributed by atoms with Crippen LogP contribution in [0.5, 0.6) is 5.75 Å². The maximum atomic E-state index is 12.1. The fraction of sp³-hybridized carbons (Fsp3) is 0.500. The summed E-state index contributed by atoms with van der Waals surface area (Å²) in [6.07, 6.45) is 0.764. The summed E-state index contributed by atoms with van der Waals surface area (Å²) in [5.41, 5.74) is 0.958. The number of nitrogens with one attached hydrogen (secondary N) is 1. The molecule has 1 atom stereocenters. The van der Waals surface area contributed by atoms with Gasteiger partial charge in [0.05, 0.1) is 12.6 Å². The number of rotatable bonds is 3. The monoisotopic (exact) mass is 282 g/mol. The maximum absolute atomic E-state index is 12.1. The van der Waals surface area contributed by atoms with Crippen LogP contribution >= 0.6 is 11.6 Å². The maximum Gasteiger partial charge on any atom is 0.317 e. The largest absolute Gasteiger partial charge is 0.493 e. The molecule has 2 rings (SSSR count). The van der Waals surface area contributed by atoms with Crippen LogP contribution in [0.4, 0.5) is 4.79 Å². The second-order valence-electron chi connectivity index (χ2n) is 4.49. The molecule has 0 spiro atoms. The van der Waals surface area contributed by atoms with Crippen molar-refractivity contribution in [3.8, 4) is 5.75 Å². The van der Waals surface area contributed by atoms with E-state index in [4.69, 9.17) is 16.3 Å². The van der Waals surface area contributed by atoms with Gasteiger partial charge < -0.3 is 15.0 Å². The summed E-state index contributed by atoms with van der Waals surface area (Å²) in [6.45, 7) is 5.95. The van der Waals surface area contributed by atoms with E-state index in [1.165, 1.54) is 0 Å². The minimum atomic E-state index is -0.0391. The molecule has 2 amide bonds. The quantitative estimate of drug-likeness (QED) is 0.925. The molecule has 0 fully saturated rings. The number of hydrogen-bond donors (Lipinski definition) is 1. The lowest BCUT2D eigenvalue weighted by Crippen LogP contribution is -2.42. The Morgan fingerprint density at radius 1 is 1.47 bits per heavy atom. The topological polar surface area (TPSA) is 41.6 Å². The first kappa shape index (κ1) is 14.0. The predicted molar refractivity (Wildman–Crippen MR) is 75.8 cm³/mol. The van der Waals surface area contributed by atoms with E-state index in [1.807, 2.05) is 26.0 Å². The van der Waals surface area contributed by atoms with E-state index in [0.717, 1.165) is 17.7 Å². The number of nitrogens with zero attached hydrogens (tertiary/aromatic N) is 1. The molecule has 1 unspecified atom stereocenters. The van der Waals surface area contributed by atoms with Crippen LogP contribution in [0.15, 0.2) is 18.2 Å². The molecule has 104 valence electrons. The summed E-state index contributed by atoms with van der Waals surface area (Å²) < 4.78 is 5.58. The first-order valence-electron chi connectivity index (χ1n) is 6.63. The minimum Gasteiger partial charge on any atom is -0.493 e. The molecule has 1 aliphatic rings. The summed E-state index contributed by atoms with van der Waals surface area (Å²) >= 11 is 6.02. The Morgan fingerprint density at radius 3 is 2.89 bits per heavy atom. The Bertz CT molecular complexity index is 461. The van der Waals surface area contributed by atoms with Crippen molar-refractivity contribution in [3.05, 3.63) is 28.8 Å². The highest BCUT2D eigenvalue weighted by Gasteiger charge is 2.24. The summed E-state index contributed by atoms with van der Waals surface area (Å²) in [7, 11) is 0. The second-order valence-corrected chi connectivity index (χ2v) is 4.93. The van der Waals surface area contributed by atoms with Crippen LogP contribution in [0.1, 0.15) is 31.9 Å². The van der Waals surface area contributed by atoms with E-state index in [1.54, 1.807) is 11.0 Å². The van der Waals surface area contributed by atoms with Crippen molar-refractivity contribution >= 4 is 17.6 Å². The molecule has 4 nitrogen and oxygen atoms in total. The molecule has 1 aromatic rings. The van der Waals surface area contributed by atoms with Crippen LogP contribution in [-0.2, 0) is 0 Å². The SMILES string of the molecule is CCN(CC)C(=O)NC1CCOc2ccc(Cl)cc21. The van der Waals surface area contributed by atoms with Gasteiger partial charge in [0.25, 0.3) is 0 Å². The van der Waals surface area contributed by atoms with Gasteiger partial charge in [-0.1, -0.05) is 11.6 Å². The number of carbonyl (C=O) groups excluding carboxylic acids is 1. The molecule has 0 radical (unpaired) electrons. The molecule has 0 bridgehead atoms. The molecule has 5 heteroatoms. The van der Waals surface area contributed by atoms with Gasteiger partial charge in [0, 0.05) is 30.1 Å². The average molecular weight is 283 g/mol. The van der Waals surface area contributed by atoms with E-state index in [2.05, 4.69) is 5.32 Å². The van der Waals surface area contributed by atoms with Crippen LogP contribution < -0.4 is 10.1 Å². The van der Waals surface area contributed by atoms with Gasteiger partial charge in [0.1, 0.15) is 5.75 Å². The van der Waals surface area contributed by atoms with Crippen LogP contribution in [-0.4, -0.2) is 30.6 Å². The first-order chi connectivity index (χ1) is 9.15. The van der Waals surface area contributed by atoms with E-state index < -0.39 is 0 Å². The zero-order chi connectivity index (χ0) is 13.8. The third kappa shape index (κ3) is 3.13. The van der Waals surface area contributed by atoms with Gasteiger partial charge in [0.15, 0.2) is 0 Å². The van der Waals surface area contributed by atoms with E-state index >= 15 is 0 Å². The van der Waals surface area contributed by atoms with Gasteiger partial charge in [-0.15, -0.1) is 0 Å². The van der Waals surface area contributed by atoms with Gasteiger partial charge in [0.2, 0.25) is 0 Å². The summed E-state index contributed by atoms with van der Waals surface area (Å²) in [4.78, 5) is 13.9. The zero-order valence-corrected chi connectivity index (χ0v) is 12.0. The summed E-state index contributed by atoms with van der Waals surface area (Å²) in [5.74, 6) is 0.806. The number of ether oxygens (including phenoxy) is 1. The molecule has 0 aromatic heterocycles. The highest BCUT2D eigenvalue weighted by Crippen LogP contribution is 2.34. The third-order valence-corrected chi connectivity index (χ3v) is 3.59. The molecule has 1 N–H and O–H groups in total. The molecule has 0 aliphatic carbocycles. The Labute approximate surface area is 118 Å². The Morgan fingerprint density at radius 2 is 2.21 bits per heavy atom. The number of fused-ring (bicyclic) bond motifs is 1. The molecule has 1 heterocycles. The van der Waals surface area contributed by atoms with Crippen molar-refractivity contribution in [2.45, 2.75) is 26.3 Å². The predicted octanol–water partition coefficient (Wildman–Crippen LogP) is 3.22. The molecular weight excluding hydrogens is 264 g/mol. The van der Waals surface area contributed by atoms with E-state index in [9.17, 15) is 4.79 Å². The number of benzene rings is 1. The number of halogens is 1. The average Bonchev–Trinajstić information content (AvgIpc) is 2.41. The Balaban J connectivity index is 2.15. The molecule has 1 aromatic carbocycles. The molecule has 0 saturated heterocycles. The van der Waals surface area contributed by atoms with Crippen LogP contribution in [0.25, 0.3) is 0 Å². The highest BCUT2D eigenvalue weighted by atomic mass is 35.5. The second kappa shape index (κ2) is 6.15. The van der Waals surface area contributed by atoms with Gasteiger partial charge in [-0.25, -0.2) is 4.79 Å². The van der Waals surface area contributed by atoms with E-state index in [-0.39, 0.29) is 12.1 Å². The van der Waals surface area contributed by atoms with Crippen LogP contribution in [0.2, 0.25) is 5.02 Å². The van der Waals surface area contributed by atoms with Crippen LogP contribution in [0.3, 0.4) is 0 Å². The summed E-state index contributed by atoms with van der Waals surface area (Å²) in [5, 5.41) is 3.71. The number of urea groups is 1. The van der Waals surface area contributed by atoms with E-state index in [0.29, 0.717) is 24.7 Å². The van der Waals surface area contributed by atoms with Crippen molar-refractivity contribution in [1.82, 2.24) is 10.2 Å². The smallest absolute Gasteiger partial charge is 0.317 e. The summed E-state index contributed by atoms with van der Waals surface area (Å²) in [6, 6.07) is 5.45. The number of hydrogen-bond acceptors (Lipinski definition) is 2. The van der Waals surface area contributed by atoms with Crippen molar-refractivity contribution in [2.75, 3.05) is 19.7 Å². The lowest BCUT2D eigenvalue weighted by Gasteiger charge is -2.29. The molecule has 1 aliphatic heterocycles. The minimum absolute atomic E-state index is 0.0319.